The SMILES string of the molecule is CC(=O)O.NC(CC(=O)O)C(=O)O.NCC(=O)O.O=C(O)C(O)C(O)CO.O=C(O)CC(O)(CC(=O)O)C(=O)O.O=C(O)CC(O)C(=O)O.[Ca+2].[Ca+2].[Ca+2].[Ca+2].[H-].[H-].[H-].[H-].[H-].[H-].[H-].[H-]. The van der Waals surface area contributed by atoms with Gasteiger partial charge in [0.25, 0.3) is 5.97 Å². The number of carboxylic acid groups (broad SMARTS) is 10. The molecule has 0 saturated carbocycles. The number of nitrogens with two attached hydrogens (primary N) is 2. The van der Waals surface area contributed by atoms with Gasteiger partial charge in [-0.3, -0.25) is 33.6 Å². The zero-order valence-corrected chi connectivity index (χ0v) is 36.7. The molecule has 53 heavy (non-hydrogen) atoms. The molecule has 0 saturated heterocycles. The van der Waals surface area contributed by atoms with Gasteiger partial charge in [0.05, 0.1) is 38.8 Å². The van der Waals surface area contributed by atoms with E-state index in [0.717, 1.165) is 6.92 Å². The van der Waals surface area contributed by atoms with Crippen molar-refractivity contribution in [2.45, 2.75) is 62.6 Å². The molecule has 19 N–H and O–H groups in total. The van der Waals surface area contributed by atoms with Crippen LogP contribution in [-0.4, -0.2) is 330 Å². The maximum Gasteiger partial charge on any atom is 2.00 e. The first-order chi connectivity index (χ1) is 21.9. The van der Waals surface area contributed by atoms with Crippen molar-refractivity contribution < 1.29 is 136 Å². The molecule has 0 heterocycles. The average Bonchev–Trinajstić information content (AvgIpc) is 2.91. The van der Waals surface area contributed by atoms with Crippen LogP contribution in [0.5, 0.6) is 0 Å². The molecule has 0 rings (SSSR count). The predicted octanol–water partition coefficient (Wildman–Crippen LogP) is -7.19. The number of carboxylic acids is 10. The van der Waals surface area contributed by atoms with Crippen molar-refractivity contribution in [1.82, 2.24) is 0 Å². The molecule has 0 radical (unpaired) electrons. The van der Waals surface area contributed by atoms with Crippen LogP contribution in [-0.2, 0) is 47.9 Å². The maximum atomic E-state index is 10.3. The van der Waals surface area contributed by atoms with Crippen molar-refractivity contribution in [3.63, 3.8) is 0 Å². The number of aliphatic hydroxyl groups is 5. The molecule has 0 aromatic carbocycles. The van der Waals surface area contributed by atoms with Gasteiger partial charge in [0.2, 0.25) is 0 Å². The van der Waals surface area contributed by atoms with Gasteiger partial charge in [-0.2, -0.15) is 0 Å². The molecule has 0 aromatic rings. The van der Waals surface area contributed by atoms with Crippen molar-refractivity contribution in [3.05, 3.63) is 0 Å². The Kier molecular flexibility index (Phi) is 66.7. The van der Waals surface area contributed by atoms with Gasteiger partial charge in [-0.05, 0) is 0 Å². The minimum Gasteiger partial charge on any atom is -1.00 e. The number of aliphatic carboxylic acids is 10. The summed E-state index contributed by atoms with van der Waals surface area (Å²) in [5.74, 6) is -13.7. The van der Waals surface area contributed by atoms with Crippen LogP contribution < -0.4 is 11.5 Å². The van der Waals surface area contributed by atoms with Gasteiger partial charge in [0.15, 0.2) is 17.8 Å². The molecule has 4 unspecified atom stereocenters. The van der Waals surface area contributed by atoms with E-state index >= 15 is 0 Å². The van der Waals surface area contributed by atoms with Gasteiger partial charge >= 0.3 is 205 Å². The van der Waals surface area contributed by atoms with Crippen LogP contribution >= 0.6 is 0 Å². The van der Waals surface area contributed by atoms with Crippen LogP contribution in [0.4, 0.5) is 0 Å². The van der Waals surface area contributed by atoms with Crippen LogP contribution in [0, 0.1) is 0 Å². The third kappa shape index (κ3) is 66.6. The molecule has 0 aromatic heterocycles. The molecule has 0 aliphatic heterocycles. The Morgan fingerprint density at radius 1 is 0.585 bits per heavy atom. The molecule has 0 fully saturated rings. The minimum atomic E-state index is -2.74. The second-order valence-corrected chi connectivity index (χ2v) is 8.12. The normalized spacial score (nSPS) is 10.9. The summed E-state index contributed by atoms with van der Waals surface area (Å²) in [6, 6.07) is -1.29. The summed E-state index contributed by atoms with van der Waals surface area (Å²) < 4.78 is 0. The summed E-state index contributed by atoms with van der Waals surface area (Å²) in [6.07, 6.45) is -8.85. The topological polar surface area (TPSA) is 526 Å². The Bertz CT molecular complexity index is 1090. The Morgan fingerprint density at radius 3 is 0.981 bits per heavy atom. The number of hydrogen-bond acceptors (Lipinski definition) is 17. The molecule has 27 nitrogen and oxygen atoms in total. The average molecular weight is 899 g/mol. The van der Waals surface area contributed by atoms with E-state index in [1.807, 2.05) is 0 Å². The van der Waals surface area contributed by atoms with Gasteiger partial charge in [-0.1, -0.05) is 0 Å². The fourth-order valence-electron chi connectivity index (χ4n) is 1.51. The molecular formula is C22H46Ca4N2O25. The molecule has 302 valence electrons. The summed E-state index contributed by atoms with van der Waals surface area (Å²) in [6.45, 7) is 0.0491. The first-order valence-corrected chi connectivity index (χ1v) is 12.0. The number of hydrogen-bond donors (Lipinski definition) is 17. The van der Waals surface area contributed by atoms with E-state index in [4.69, 9.17) is 87.1 Å². The Labute approximate surface area is 428 Å². The van der Waals surface area contributed by atoms with E-state index < -0.39 is 122 Å². The minimum absolute atomic E-state index is 0. The molecule has 0 aliphatic carbocycles. The van der Waals surface area contributed by atoms with Crippen LogP contribution in [0.15, 0.2) is 0 Å². The van der Waals surface area contributed by atoms with E-state index in [-0.39, 0.29) is 169 Å². The fourth-order valence-corrected chi connectivity index (χ4v) is 1.51. The van der Waals surface area contributed by atoms with Crippen molar-refractivity contribution in [3.8, 4) is 0 Å². The van der Waals surface area contributed by atoms with Gasteiger partial charge in [0, 0.05) is 6.92 Å². The van der Waals surface area contributed by atoms with E-state index in [0.29, 0.717) is 0 Å². The standard InChI is InChI=1S/C6H8O7.C4H7NO4.C4H8O5.C4H6O5.C2H5NO2.C2H4O2.4Ca.8H/c7-3(8)1-6(13,5(11)12)2-4(9)10;5-2(4(8)9)1-3(6)7;5-1-2(6)3(7)4(8)9;5-2(4(8)9)1-3(6)7;3-1-2(4)5;1-2(3)4;;;;;;;;;;;;/h13H,1-2H2,(H,7,8)(H,9,10)(H,11,12);2H,1,5H2,(H,6,7)(H,8,9);2-3,5-7H,1H2,(H,8,9);2,5H,1H2,(H,6,7)(H,8,9);1,3H2,(H,4,5);1H3,(H,3,4);;;;;;;;;;;;/q;;;;;;4*+2;8*-1. The van der Waals surface area contributed by atoms with Crippen molar-refractivity contribution in [2.75, 3.05) is 13.2 Å². The summed E-state index contributed by atoms with van der Waals surface area (Å²) in [7, 11) is 0. The third-order valence-corrected chi connectivity index (χ3v) is 3.63. The van der Waals surface area contributed by atoms with Gasteiger partial charge in [-0.25, -0.2) is 14.4 Å². The largest absolute Gasteiger partial charge is 2.00 e. The Balaban J connectivity index is -0.0000000225. The van der Waals surface area contributed by atoms with Crippen LogP contribution in [0.2, 0.25) is 0 Å². The second kappa shape index (κ2) is 45.8. The quantitative estimate of drug-likeness (QED) is 0.0679. The van der Waals surface area contributed by atoms with Crippen molar-refractivity contribution in [2.24, 2.45) is 11.5 Å². The zero-order valence-electron chi connectivity index (χ0n) is 35.8. The summed E-state index contributed by atoms with van der Waals surface area (Å²) in [4.78, 5) is 97.5. The van der Waals surface area contributed by atoms with Gasteiger partial charge in [-0.15, -0.1) is 0 Å². The maximum absolute atomic E-state index is 10.3. The Hall–Kier alpha value is -0.541. The predicted molar refractivity (Wildman–Crippen MR) is 179 cm³/mol. The molecule has 0 spiro atoms. The monoisotopic (exact) mass is 898 g/mol. The first-order valence-electron chi connectivity index (χ1n) is 12.0. The molecule has 4 atom stereocenters. The molecule has 0 bridgehead atoms. The molecule has 0 aliphatic rings. The van der Waals surface area contributed by atoms with Crippen LogP contribution in [0.1, 0.15) is 44.0 Å². The first kappa shape index (κ1) is 77.1. The second-order valence-electron chi connectivity index (χ2n) is 8.12. The summed E-state index contributed by atoms with van der Waals surface area (Å²) in [5.41, 5.74) is 6.67. The molecular weight excluding hydrogens is 853 g/mol. The van der Waals surface area contributed by atoms with Crippen molar-refractivity contribution >= 4 is 211 Å². The van der Waals surface area contributed by atoms with Gasteiger partial charge in [0.1, 0.15) is 12.1 Å². The molecule has 31 heteroatoms. The van der Waals surface area contributed by atoms with E-state index in [9.17, 15) is 43.2 Å². The number of carbonyl (C=O) groups is 10. The number of aliphatic hydroxyl groups excluding tert-OH is 4. The van der Waals surface area contributed by atoms with Crippen LogP contribution in [0.25, 0.3) is 0 Å². The fraction of sp³-hybridized carbons (Fsp3) is 0.545. The number of rotatable bonds is 15. The van der Waals surface area contributed by atoms with E-state index in [1.165, 1.54) is 0 Å². The van der Waals surface area contributed by atoms with E-state index in [1.54, 1.807) is 0 Å². The van der Waals surface area contributed by atoms with Crippen molar-refractivity contribution in [1.29, 1.82) is 0 Å². The zero-order chi connectivity index (χ0) is 40.8. The summed E-state index contributed by atoms with van der Waals surface area (Å²) >= 11 is 0. The summed E-state index contributed by atoms with van der Waals surface area (Å²) in [5, 5.41) is 122. The smallest absolute Gasteiger partial charge is 1.00 e. The molecule has 0 amide bonds. The Morgan fingerprint density at radius 2 is 0.887 bits per heavy atom. The van der Waals surface area contributed by atoms with E-state index in [2.05, 4.69) is 5.73 Å². The van der Waals surface area contributed by atoms with Gasteiger partial charge < -0.3 is 99.5 Å². The third-order valence-electron chi connectivity index (χ3n) is 3.63. The van der Waals surface area contributed by atoms with Crippen LogP contribution in [0.3, 0.4) is 0 Å².